The lowest BCUT2D eigenvalue weighted by Crippen LogP contribution is -2.23. The first-order valence-corrected chi connectivity index (χ1v) is 5.58. The van der Waals surface area contributed by atoms with Crippen LogP contribution >= 0.6 is 11.6 Å². The number of halogens is 1. The fourth-order valence-corrected chi connectivity index (χ4v) is 1.91. The quantitative estimate of drug-likeness (QED) is 0.889. The van der Waals surface area contributed by atoms with Crippen LogP contribution in [0.15, 0.2) is 36.5 Å². The van der Waals surface area contributed by atoms with Crippen LogP contribution in [0.5, 0.6) is 0 Å². The van der Waals surface area contributed by atoms with Gasteiger partial charge >= 0.3 is 0 Å². The fraction of sp³-hybridized carbons (Fsp3) is 0.250. The van der Waals surface area contributed by atoms with Crippen LogP contribution in [0, 0.1) is 0 Å². The number of nitrogens with two attached hydrogens (primary N) is 1. The highest BCUT2D eigenvalue weighted by Crippen LogP contribution is 2.27. The second kappa shape index (κ2) is 4.68. The summed E-state index contributed by atoms with van der Waals surface area (Å²) >= 11 is 6.14. The Kier molecular flexibility index (Phi) is 3.27. The molecule has 0 fully saturated rings. The third kappa shape index (κ3) is 2.26. The van der Waals surface area contributed by atoms with Gasteiger partial charge in [0.1, 0.15) is 0 Å². The molecule has 0 radical (unpaired) electrons. The molecule has 1 aromatic heterocycles. The summed E-state index contributed by atoms with van der Waals surface area (Å²) in [5.74, 6) is 0. The lowest BCUT2D eigenvalue weighted by Gasteiger charge is -2.10. The van der Waals surface area contributed by atoms with Gasteiger partial charge in [0.25, 0.3) is 0 Å². The number of hydrogen-bond acceptors (Lipinski definition) is 2. The normalized spacial score (nSPS) is 12.7. The molecule has 84 valence electrons. The van der Waals surface area contributed by atoms with E-state index in [4.69, 9.17) is 17.3 Å². The minimum absolute atomic E-state index is 0.0541. The van der Waals surface area contributed by atoms with E-state index in [1.807, 2.05) is 41.9 Å². The highest BCUT2D eigenvalue weighted by molar-refractivity contribution is 6.33. The zero-order chi connectivity index (χ0) is 11.5. The zero-order valence-electron chi connectivity index (χ0n) is 9.10. The van der Waals surface area contributed by atoms with E-state index >= 15 is 0 Å². The van der Waals surface area contributed by atoms with Crippen molar-refractivity contribution in [1.29, 1.82) is 0 Å². The smallest absolute Gasteiger partial charge is 0.0869 e. The molecule has 4 heteroatoms. The van der Waals surface area contributed by atoms with Crippen LogP contribution in [-0.4, -0.2) is 15.8 Å². The third-order valence-corrected chi connectivity index (χ3v) is 2.58. The molecule has 1 atom stereocenters. The molecule has 16 heavy (non-hydrogen) atoms. The van der Waals surface area contributed by atoms with E-state index in [0.717, 1.165) is 11.3 Å². The van der Waals surface area contributed by atoms with Crippen molar-refractivity contribution in [2.24, 2.45) is 5.73 Å². The second-order valence-corrected chi connectivity index (χ2v) is 4.27. The van der Waals surface area contributed by atoms with Gasteiger partial charge in [-0.1, -0.05) is 41.9 Å². The fourth-order valence-electron chi connectivity index (χ4n) is 1.66. The Morgan fingerprint density at radius 3 is 2.69 bits per heavy atom. The number of benzene rings is 1. The van der Waals surface area contributed by atoms with Crippen LogP contribution in [0.1, 0.15) is 6.92 Å². The van der Waals surface area contributed by atoms with Crippen molar-refractivity contribution in [1.82, 2.24) is 9.78 Å². The molecule has 0 aliphatic rings. The molecule has 2 N–H and O–H groups in total. The Morgan fingerprint density at radius 2 is 2.06 bits per heavy atom. The molecule has 1 aromatic carbocycles. The van der Waals surface area contributed by atoms with Gasteiger partial charge in [-0.25, -0.2) is 0 Å². The summed E-state index contributed by atoms with van der Waals surface area (Å²) in [7, 11) is 0. The van der Waals surface area contributed by atoms with Gasteiger partial charge in [0.15, 0.2) is 0 Å². The zero-order valence-corrected chi connectivity index (χ0v) is 9.85. The first kappa shape index (κ1) is 11.2. The maximum Gasteiger partial charge on any atom is 0.0869 e. The Hall–Kier alpha value is -1.32. The van der Waals surface area contributed by atoms with Crippen molar-refractivity contribution in [2.45, 2.75) is 19.5 Å². The minimum atomic E-state index is 0.0541. The van der Waals surface area contributed by atoms with Gasteiger partial charge in [-0.2, -0.15) is 5.10 Å². The monoisotopic (exact) mass is 235 g/mol. The summed E-state index contributed by atoms with van der Waals surface area (Å²) in [6.07, 6.45) is 1.66. The van der Waals surface area contributed by atoms with Crippen molar-refractivity contribution in [2.75, 3.05) is 0 Å². The van der Waals surface area contributed by atoms with Gasteiger partial charge in [0, 0.05) is 11.6 Å². The molecular weight excluding hydrogens is 222 g/mol. The van der Waals surface area contributed by atoms with Gasteiger partial charge in [-0.3, -0.25) is 4.68 Å². The highest BCUT2D eigenvalue weighted by atomic mass is 35.5. The molecule has 0 spiro atoms. The van der Waals surface area contributed by atoms with Gasteiger partial charge in [0.2, 0.25) is 0 Å². The van der Waals surface area contributed by atoms with E-state index in [0.29, 0.717) is 11.6 Å². The van der Waals surface area contributed by atoms with Crippen LogP contribution < -0.4 is 5.73 Å². The Bertz CT molecular complexity index is 462. The molecular formula is C12H14ClN3. The lowest BCUT2D eigenvalue weighted by atomic mass is 10.1. The number of rotatable bonds is 3. The summed E-state index contributed by atoms with van der Waals surface area (Å²) in [6.45, 7) is 2.61. The van der Waals surface area contributed by atoms with Crippen molar-refractivity contribution in [3.63, 3.8) is 0 Å². The van der Waals surface area contributed by atoms with E-state index in [1.54, 1.807) is 6.20 Å². The third-order valence-electron chi connectivity index (χ3n) is 2.30. The van der Waals surface area contributed by atoms with Crippen molar-refractivity contribution in [3.05, 3.63) is 41.6 Å². The summed E-state index contributed by atoms with van der Waals surface area (Å²) in [5, 5.41) is 4.90. The van der Waals surface area contributed by atoms with E-state index in [2.05, 4.69) is 5.10 Å². The topological polar surface area (TPSA) is 43.8 Å². The maximum absolute atomic E-state index is 6.14. The molecule has 0 aliphatic heterocycles. The van der Waals surface area contributed by atoms with Gasteiger partial charge in [-0.05, 0) is 6.92 Å². The standard InChI is InChI=1S/C12H14ClN3/c1-9(14)8-16-12(11(13)7-15-16)10-5-3-2-4-6-10/h2-7,9H,8,14H2,1H3. The Labute approximate surface area is 99.8 Å². The highest BCUT2D eigenvalue weighted by Gasteiger charge is 2.11. The molecule has 0 saturated carbocycles. The molecule has 1 heterocycles. The molecule has 0 bridgehead atoms. The summed E-state index contributed by atoms with van der Waals surface area (Å²) in [5.41, 5.74) is 7.77. The SMILES string of the molecule is CC(N)Cn1ncc(Cl)c1-c1ccccc1. The van der Waals surface area contributed by atoms with Crippen LogP contribution in [-0.2, 0) is 6.54 Å². The lowest BCUT2D eigenvalue weighted by molar-refractivity contribution is 0.543. The molecule has 3 nitrogen and oxygen atoms in total. The predicted molar refractivity (Wildman–Crippen MR) is 66.3 cm³/mol. The van der Waals surface area contributed by atoms with Crippen LogP contribution in [0.4, 0.5) is 0 Å². The van der Waals surface area contributed by atoms with E-state index < -0.39 is 0 Å². The minimum Gasteiger partial charge on any atom is -0.326 e. The molecule has 2 rings (SSSR count). The van der Waals surface area contributed by atoms with E-state index in [1.165, 1.54) is 0 Å². The first-order valence-electron chi connectivity index (χ1n) is 5.21. The average molecular weight is 236 g/mol. The molecule has 0 aliphatic carbocycles. The molecule has 2 aromatic rings. The molecule has 0 amide bonds. The second-order valence-electron chi connectivity index (χ2n) is 3.87. The maximum atomic E-state index is 6.14. The number of aromatic nitrogens is 2. The largest absolute Gasteiger partial charge is 0.326 e. The summed E-state index contributed by atoms with van der Waals surface area (Å²) < 4.78 is 1.85. The van der Waals surface area contributed by atoms with Crippen molar-refractivity contribution >= 4 is 11.6 Å². The van der Waals surface area contributed by atoms with Gasteiger partial charge in [-0.15, -0.1) is 0 Å². The Balaban J connectivity index is 2.43. The summed E-state index contributed by atoms with van der Waals surface area (Å²) in [6, 6.07) is 10.0. The molecule has 0 saturated heterocycles. The Morgan fingerprint density at radius 1 is 1.38 bits per heavy atom. The average Bonchev–Trinajstić information content (AvgIpc) is 2.60. The number of nitrogens with zero attached hydrogens (tertiary/aromatic N) is 2. The molecule has 1 unspecified atom stereocenters. The van der Waals surface area contributed by atoms with Crippen LogP contribution in [0.3, 0.4) is 0 Å². The van der Waals surface area contributed by atoms with Gasteiger partial charge < -0.3 is 5.73 Å². The van der Waals surface area contributed by atoms with Gasteiger partial charge in [0.05, 0.1) is 23.5 Å². The first-order chi connectivity index (χ1) is 7.68. The number of hydrogen-bond donors (Lipinski definition) is 1. The van der Waals surface area contributed by atoms with E-state index in [-0.39, 0.29) is 6.04 Å². The van der Waals surface area contributed by atoms with Crippen molar-refractivity contribution < 1.29 is 0 Å². The van der Waals surface area contributed by atoms with Crippen LogP contribution in [0.2, 0.25) is 5.02 Å². The van der Waals surface area contributed by atoms with Crippen molar-refractivity contribution in [3.8, 4) is 11.3 Å². The van der Waals surface area contributed by atoms with Crippen LogP contribution in [0.25, 0.3) is 11.3 Å². The predicted octanol–water partition coefficient (Wildman–Crippen LogP) is 2.55. The van der Waals surface area contributed by atoms with E-state index in [9.17, 15) is 0 Å². The summed E-state index contributed by atoms with van der Waals surface area (Å²) in [4.78, 5) is 0.